The van der Waals surface area contributed by atoms with Crippen LogP contribution < -0.4 is 4.90 Å². The van der Waals surface area contributed by atoms with Gasteiger partial charge in [0.2, 0.25) is 0 Å². The number of aliphatic hydroxyl groups excluding tert-OH is 1. The van der Waals surface area contributed by atoms with Crippen molar-refractivity contribution in [2.45, 2.75) is 18.6 Å². The van der Waals surface area contributed by atoms with Crippen molar-refractivity contribution >= 4 is 17.3 Å². The third-order valence-corrected chi connectivity index (χ3v) is 3.59. The van der Waals surface area contributed by atoms with Crippen molar-refractivity contribution in [2.75, 3.05) is 32.1 Å². The van der Waals surface area contributed by atoms with Crippen LogP contribution in [0.2, 0.25) is 5.02 Å². The lowest BCUT2D eigenvalue weighted by Gasteiger charge is -2.29. The molecule has 0 aliphatic carbocycles. The molecule has 1 aromatic rings. The maximum Gasteiger partial charge on any atom is 0.101 e. The van der Waals surface area contributed by atoms with Crippen LogP contribution in [-0.4, -0.2) is 49.3 Å². The molecule has 4 nitrogen and oxygen atoms in total. The smallest absolute Gasteiger partial charge is 0.101 e. The Hall–Kier alpha value is -1.28. The quantitative estimate of drug-likeness (QED) is 0.915. The zero-order valence-corrected chi connectivity index (χ0v) is 11.9. The first-order valence-corrected chi connectivity index (χ1v) is 6.68. The van der Waals surface area contributed by atoms with Gasteiger partial charge in [-0.25, -0.2) is 0 Å². The minimum Gasteiger partial charge on any atom is -0.391 e. The molecule has 0 radical (unpaired) electrons. The minimum absolute atomic E-state index is 0.204. The van der Waals surface area contributed by atoms with Gasteiger partial charge in [0.05, 0.1) is 17.4 Å². The lowest BCUT2D eigenvalue weighted by atomic mass is 10.1. The van der Waals surface area contributed by atoms with E-state index in [9.17, 15) is 10.4 Å². The Morgan fingerprint density at radius 3 is 2.89 bits per heavy atom. The summed E-state index contributed by atoms with van der Waals surface area (Å²) in [5.41, 5.74) is 1.42. The largest absolute Gasteiger partial charge is 0.391 e. The number of anilines is 1. The molecule has 1 saturated heterocycles. The van der Waals surface area contributed by atoms with Crippen LogP contribution in [0.5, 0.6) is 0 Å². The maximum absolute atomic E-state index is 9.90. The first kappa shape index (κ1) is 14.1. The third kappa shape index (κ3) is 3.19. The number of halogens is 1. The first-order chi connectivity index (χ1) is 9.01. The van der Waals surface area contributed by atoms with Gasteiger partial charge in [0, 0.05) is 24.2 Å². The fraction of sp³-hybridized carbons (Fsp3) is 0.500. The summed E-state index contributed by atoms with van der Waals surface area (Å²) in [5.74, 6) is 0. The molecule has 19 heavy (non-hydrogen) atoms. The Morgan fingerprint density at radius 2 is 2.26 bits per heavy atom. The molecule has 5 heteroatoms. The summed E-state index contributed by atoms with van der Waals surface area (Å²) in [6.45, 7) is 1.39. The van der Waals surface area contributed by atoms with E-state index in [1.54, 1.807) is 18.2 Å². The monoisotopic (exact) mass is 279 g/mol. The van der Waals surface area contributed by atoms with Crippen molar-refractivity contribution in [3.8, 4) is 6.07 Å². The second-order valence-electron chi connectivity index (χ2n) is 5.23. The molecular weight excluding hydrogens is 262 g/mol. The van der Waals surface area contributed by atoms with Crippen molar-refractivity contribution in [1.29, 1.82) is 5.26 Å². The number of nitrogens with zero attached hydrogens (tertiary/aromatic N) is 3. The van der Waals surface area contributed by atoms with Gasteiger partial charge >= 0.3 is 0 Å². The van der Waals surface area contributed by atoms with Gasteiger partial charge in [0.25, 0.3) is 0 Å². The molecule has 0 amide bonds. The van der Waals surface area contributed by atoms with E-state index in [1.165, 1.54) is 0 Å². The molecule has 102 valence electrons. The van der Waals surface area contributed by atoms with Crippen LogP contribution >= 0.6 is 11.6 Å². The highest BCUT2D eigenvalue weighted by atomic mass is 35.5. The van der Waals surface area contributed by atoms with Gasteiger partial charge in [-0.05, 0) is 38.7 Å². The molecule has 0 saturated carbocycles. The van der Waals surface area contributed by atoms with Gasteiger partial charge < -0.3 is 14.9 Å². The Kier molecular flexibility index (Phi) is 4.31. The molecule has 0 aromatic heterocycles. The minimum atomic E-state index is -0.351. The summed E-state index contributed by atoms with van der Waals surface area (Å²) in [5, 5.41) is 19.7. The second-order valence-corrected chi connectivity index (χ2v) is 5.67. The van der Waals surface area contributed by atoms with Crippen LogP contribution in [0.4, 0.5) is 5.69 Å². The van der Waals surface area contributed by atoms with Crippen molar-refractivity contribution in [2.24, 2.45) is 0 Å². The van der Waals surface area contributed by atoms with E-state index in [0.29, 0.717) is 17.1 Å². The number of likely N-dealkylation sites (N-methyl/N-ethyl adjacent to an activating group) is 1. The third-order valence-electron chi connectivity index (χ3n) is 3.36. The van der Waals surface area contributed by atoms with E-state index in [1.807, 2.05) is 14.1 Å². The lowest BCUT2D eigenvalue weighted by molar-refractivity contribution is 0.191. The van der Waals surface area contributed by atoms with E-state index in [4.69, 9.17) is 11.6 Å². The number of rotatable bonds is 3. The fourth-order valence-electron chi connectivity index (χ4n) is 2.62. The van der Waals surface area contributed by atoms with Crippen molar-refractivity contribution in [3.05, 3.63) is 28.8 Å². The summed E-state index contributed by atoms with van der Waals surface area (Å²) in [7, 11) is 4.01. The molecule has 1 fully saturated rings. The molecule has 2 unspecified atom stereocenters. The standard InChI is InChI=1S/C14H18ClN3O/c1-17(2)8-12-6-13(19)9-18(12)14-5-11(15)4-3-10(14)7-16/h3-5,12-13,19H,6,8-9H2,1-2H3. The molecule has 2 atom stereocenters. The van der Waals surface area contributed by atoms with E-state index < -0.39 is 0 Å². The first-order valence-electron chi connectivity index (χ1n) is 6.30. The molecular formula is C14H18ClN3O. The highest BCUT2D eigenvalue weighted by molar-refractivity contribution is 6.30. The molecule has 0 bridgehead atoms. The number of hydrogen-bond donors (Lipinski definition) is 1. The van der Waals surface area contributed by atoms with Crippen LogP contribution in [-0.2, 0) is 0 Å². The van der Waals surface area contributed by atoms with Crippen molar-refractivity contribution in [3.63, 3.8) is 0 Å². The van der Waals surface area contributed by atoms with Gasteiger partial charge in [-0.15, -0.1) is 0 Å². The van der Waals surface area contributed by atoms with Gasteiger partial charge in [-0.3, -0.25) is 0 Å². The Labute approximate surface area is 118 Å². The Morgan fingerprint density at radius 1 is 1.53 bits per heavy atom. The van der Waals surface area contributed by atoms with Crippen LogP contribution in [0.15, 0.2) is 18.2 Å². The number of benzene rings is 1. The predicted octanol–water partition coefficient (Wildman–Crippen LogP) is 1.71. The number of aliphatic hydroxyl groups is 1. The van der Waals surface area contributed by atoms with E-state index in [2.05, 4.69) is 15.9 Å². The number of β-amino-alcohol motifs (C(OH)–C–C–N with tert-alkyl or cyclic N) is 1. The summed E-state index contributed by atoms with van der Waals surface area (Å²) >= 11 is 6.03. The zero-order valence-electron chi connectivity index (χ0n) is 11.2. The van der Waals surface area contributed by atoms with Crippen LogP contribution in [0.1, 0.15) is 12.0 Å². The highest BCUT2D eigenvalue weighted by Crippen LogP contribution is 2.31. The van der Waals surface area contributed by atoms with Crippen LogP contribution in [0.3, 0.4) is 0 Å². The number of hydrogen-bond acceptors (Lipinski definition) is 4. The summed E-state index contributed by atoms with van der Waals surface area (Å²) in [6.07, 6.45) is 0.366. The average Bonchev–Trinajstić information content (AvgIpc) is 2.69. The topological polar surface area (TPSA) is 50.5 Å². The Bertz CT molecular complexity index is 498. The van der Waals surface area contributed by atoms with Gasteiger partial charge in [0.1, 0.15) is 6.07 Å². The van der Waals surface area contributed by atoms with Crippen molar-refractivity contribution < 1.29 is 5.11 Å². The second kappa shape index (κ2) is 5.79. The SMILES string of the molecule is CN(C)CC1CC(O)CN1c1cc(Cl)ccc1C#N. The van der Waals surface area contributed by atoms with E-state index in [0.717, 1.165) is 18.7 Å². The van der Waals surface area contributed by atoms with E-state index >= 15 is 0 Å². The molecule has 1 aliphatic heterocycles. The van der Waals surface area contributed by atoms with Crippen LogP contribution in [0.25, 0.3) is 0 Å². The molecule has 1 N–H and O–H groups in total. The molecule has 1 heterocycles. The van der Waals surface area contributed by atoms with Gasteiger partial charge in [-0.2, -0.15) is 5.26 Å². The zero-order chi connectivity index (χ0) is 14.0. The average molecular weight is 280 g/mol. The van der Waals surface area contributed by atoms with Gasteiger partial charge in [-0.1, -0.05) is 11.6 Å². The number of nitriles is 1. The predicted molar refractivity (Wildman–Crippen MR) is 76.5 cm³/mol. The van der Waals surface area contributed by atoms with E-state index in [-0.39, 0.29) is 12.1 Å². The van der Waals surface area contributed by atoms with Crippen molar-refractivity contribution in [1.82, 2.24) is 4.90 Å². The molecule has 2 rings (SSSR count). The highest BCUT2D eigenvalue weighted by Gasteiger charge is 2.32. The fourth-order valence-corrected chi connectivity index (χ4v) is 2.78. The molecule has 1 aliphatic rings. The van der Waals surface area contributed by atoms with Crippen LogP contribution in [0, 0.1) is 11.3 Å². The van der Waals surface area contributed by atoms with Gasteiger partial charge in [0.15, 0.2) is 0 Å². The maximum atomic E-state index is 9.90. The normalized spacial score (nSPS) is 22.8. The molecule has 1 aromatic carbocycles. The summed E-state index contributed by atoms with van der Waals surface area (Å²) in [4.78, 5) is 4.18. The summed E-state index contributed by atoms with van der Waals surface area (Å²) < 4.78 is 0. The Balaban J connectivity index is 2.33. The summed E-state index contributed by atoms with van der Waals surface area (Å²) in [6, 6.07) is 7.65. The lowest BCUT2D eigenvalue weighted by Crippen LogP contribution is -2.38. The molecule has 0 spiro atoms.